The van der Waals surface area contributed by atoms with E-state index in [4.69, 9.17) is 4.74 Å². The van der Waals surface area contributed by atoms with Gasteiger partial charge in [-0.25, -0.2) is 0 Å². The summed E-state index contributed by atoms with van der Waals surface area (Å²) in [4.78, 5) is 0. The minimum Gasteiger partial charge on any atom is -0.381 e. The average molecular weight is 162 g/mol. The van der Waals surface area contributed by atoms with E-state index >= 15 is 0 Å². The Balaban J connectivity index is 3.03. The van der Waals surface area contributed by atoms with Gasteiger partial charge in [0.15, 0.2) is 0 Å². The maximum Gasteiger partial charge on any atom is 0.0499 e. The van der Waals surface area contributed by atoms with Crippen LogP contribution in [0.25, 0.3) is 0 Å². The predicted molar refractivity (Wildman–Crippen MR) is 48.7 cm³/mol. The van der Waals surface area contributed by atoms with Crippen molar-refractivity contribution in [2.75, 3.05) is 19.0 Å². The largest absolute Gasteiger partial charge is 0.381 e. The zero-order valence-electron chi connectivity index (χ0n) is 7.13. The monoisotopic (exact) mass is 162 g/mol. The van der Waals surface area contributed by atoms with Crippen molar-refractivity contribution in [3.05, 3.63) is 0 Å². The molecule has 0 aliphatic heterocycles. The minimum absolute atomic E-state index is 0.585. The van der Waals surface area contributed by atoms with Crippen molar-refractivity contribution in [2.24, 2.45) is 11.8 Å². The Hall–Kier alpha value is 0.310. The lowest BCUT2D eigenvalue weighted by atomic mass is 10.2. The van der Waals surface area contributed by atoms with Crippen molar-refractivity contribution in [1.82, 2.24) is 0 Å². The van der Waals surface area contributed by atoms with Gasteiger partial charge in [0.05, 0.1) is 0 Å². The van der Waals surface area contributed by atoms with Crippen LogP contribution in [0.3, 0.4) is 0 Å². The lowest BCUT2D eigenvalue weighted by Crippen LogP contribution is -2.10. The molecule has 10 heavy (non-hydrogen) atoms. The summed E-state index contributed by atoms with van der Waals surface area (Å²) in [7, 11) is 0. The van der Waals surface area contributed by atoms with Crippen molar-refractivity contribution < 1.29 is 4.74 Å². The van der Waals surface area contributed by atoms with Gasteiger partial charge in [0.2, 0.25) is 0 Å². The van der Waals surface area contributed by atoms with Crippen molar-refractivity contribution in [3.8, 4) is 0 Å². The van der Waals surface area contributed by atoms with Gasteiger partial charge in [-0.2, -0.15) is 12.6 Å². The third-order valence-electron chi connectivity index (χ3n) is 1.17. The van der Waals surface area contributed by atoms with E-state index in [1.54, 1.807) is 0 Å². The van der Waals surface area contributed by atoms with Gasteiger partial charge in [0.1, 0.15) is 0 Å². The summed E-state index contributed by atoms with van der Waals surface area (Å²) < 4.78 is 5.40. The second-order valence-corrected chi connectivity index (χ2v) is 3.58. The molecule has 1 atom stereocenters. The Kier molecular flexibility index (Phi) is 6.24. The molecule has 0 heterocycles. The summed E-state index contributed by atoms with van der Waals surface area (Å²) in [5.74, 6) is 2.15. The zero-order chi connectivity index (χ0) is 7.98. The van der Waals surface area contributed by atoms with Gasteiger partial charge >= 0.3 is 0 Å². The summed E-state index contributed by atoms with van der Waals surface area (Å²) >= 11 is 4.16. The summed E-state index contributed by atoms with van der Waals surface area (Å²) in [5, 5.41) is 0. The predicted octanol–water partition coefficient (Wildman–Crippen LogP) is 2.22. The topological polar surface area (TPSA) is 9.23 Å². The molecule has 0 saturated carbocycles. The molecule has 0 aliphatic rings. The third kappa shape index (κ3) is 6.43. The first-order chi connectivity index (χ1) is 4.66. The van der Waals surface area contributed by atoms with E-state index in [1.807, 2.05) is 0 Å². The molecular weight excluding hydrogens is 144 g/mol. The molecule has 0 aromatic carbocycles. The van der Waals surface area contributed by atoms with Crippen molar-refractivity contribution in [1.29, 1.82) is 0 Å². The van der Waals surface area contributed by atoms with Gasteiger partial charge in [0.25, 0.3) is 0 Å². The van der Waals surface area contributed by atoms with E-state index in [0.29, 0.717) is 11.8 Å². The van der Waals surface area contributed by atoms with Crippen LogP contribution in [0.2, 0.25) is 0 Å². The van der Waals surface area contributed by atoms with Gasteiger partial charge in [-0.15, -0.1) is 0 Å². The minimum atomic E-state index is 0.585. The fourth-order valence-electron chi connectivity index (χ4n) is 0.558. The van der Waals surface area contributed by atoms with E-state index in [9.17, 15) is 0 Å². The van der Waals surface area contributed by atoms with Gasteiger partial charge in [-0.3, -0.25) is 0 Å². The van der Waals surface area contributed by atoms with Crippen LogP contribution in [-0.2, 0) is 4.74 Å². The van der Waals surface area contributed by atoms with E-state index in [1.165, 1.54) is 0 Å². The lowest BCUT2D eigenvalue weighted by molar-refractivity contribution is 0.0898. The fraction of sp³-hybridized carbons (Fsp3) is 1.00. The summed E-state index contributed by atoms with van der Waals surface area (Å²) in [6.07, 6.45) is 0. The van der Waals surface area contributed by atoms with Gasteiger partial charge in [-0.05, 0) is 17.6 Å². The van der Waals surface area contributed by atoms with E-state index < -0.39 is 0 Å². The summed E-state index contributed by atoms with van der Waals surface area (Å²) in [6, 6.07) is 0. The lowest BCUT2D eigenvalue weighted by Gasteiger charge is -2.10. The Morgan fingerprint density at radius 3 is 2.20 bits per heavy atom. The first-order valence-electron chi connectivity index (χ1n) is 3.85. The van der Waals surface area contributed by atoms with Crippen LogP contribution in [0.4, 0.5) is 0 Å². The molecule has 62 valence electrons. The highest BCUT2D eigenvalue weighted by Gasteiger charge is 1.99. The van der Waals surface area contributed by atoms with Crippen molar-refractivity contribution >= 4 is 12.6 Å². The molecule has 0 bridgehead atoms. The average Bonchev–Trinajstić information content (AvgIpc) is 1.87. The highest BCUT2D eigenvalue weighted by molar-refractivity contribution is 7.80. The number of hydrogen-bond acceptors (Lipinski definition) is 2. The van der Waals surface area contributed by atoms with Crippen molar-refractivity contribution in [2.45, 2.75) is 20.8 Å². The quantitative estimate of drug-likeness (QED) is 0.610. The van der Waals surface area contributed by atoms with Gasteiger partial charge in [-0.1, -0.05) is 20.8 Å². The van der Waals surface area contributed by atoms with Crippen molar-refractivity contribution in [3.63, 3.8) is 0 Å². The number of hydrogen-bond donors (Lipinski definition) is 1. The van der Waals surface area contributed by atoms with Gasteiger partial charge in [0, 0.05) is 13.2 Å². The maximum atomic E-state index is 5.40. The molecule has 0 radical (unpaired) electrons. The molecule has 0 aromatic rings. The van der Waals surface area contributed by atoms with Crippen LogP contribution in [0.1, 0.15) is 20.8 Å². The number of ether oxygens (including phenoxy) is 1. The number of rotatable bonds is 5. The highest BCUT2D eigenvalue weighted by Crippen LogP contribution is 2.00. The smallest absolute Gasteiger partial charge is 0.0499 e. The van der Waals surface area contributed by atoms with Crippen LogP contribution in [0.5, 0.6) is 0 Å². The Bertz CT molecular complexity index is 73.7. The van der Waals surface area contributed by atoms with Crippen LogP contribution in [0, 0.1) is 11.8 Å². The molecule has 0 amide bonds. The second kappa shape index (κ2) is 6.05. The van der Waals surface area contributed by atoms with Gasteiger partial charge < -0.3 is 4.74 Å². The normalized spacial score (nSPS) is 14.1. The molecule has 2 heteroatoms. The molecule has 0 N–H and O–H groups in total. The SMILES string of the molecule is CC(C)COCC(C)CS. The molecule has 0 rings (SSSR count). The Labute approximate surface area is 69.6 Å². The summed E-state index contributed by atoms with van der Waals surface area (Å²) in [6.45, 7) is 8.18. The van der Waals surface area contributed by atoms with Crippen LogP contribution >= 0.6 is 12.6 Å². The fourth-order valence-corrected chi connectivity index (χ4v) is 0.663. The second-order valence-electron chi connectivity index (χ2n) is 3.22. The molecule has 1 nitrogen and oxygen atoms in total. The Morgan fingerprint density at radius 2 is 1.80 bits per heavy atom. The van der Waals surface area contributed by atoms with E-state index in [0.717, 1.165) is 19.0 Å². The first kappa shape index (κ1) is 10.3. The number of thiol groups is 1. The van der Waals surface area contributed by atoms with Crippen LogP contribution in [0.15, 0.2) is 0 Å². The third-order valence-corrected chi connectivity index (χ3v) is 1.79. The molecule has 1 unspecified atom stereocenters. The molecule has 0 spiro atoms. The summed E-state index contributed by atoms with van der Waals surface area (Å²) in [5.41, 5.74) is 0. The van der Waals surface area contributed by atoms with E-state index in [-0.39, 0.29) is 0 Å². The zero-order valence-corrected chi connectivity index (χ0v) is 8.03. The standard InChI is InChI=1S/C8H18OS/c1-7(2)4-9-5-8(3)6-10/h7-8,10H,4-6H2,1-3H3. The first-order valence-corrected chi connectivity index (χ1v) is 4.48. The Morgan fingerprint density at radius 1 is 1.20 bits per heavy atom. The molecule has 0 aliphatic carbocycles. The van der Waals surface area contributed by atoms with E-state index in [2.05, 4.69) is 33.4 Å². The molecular formula is C8H18OS. The molecule has 0 saturated heterocycles. The van der Waals surface area contributed by atoms with Crippen LogP contribution < -0.4 is 0 Å². The van der Waals surface area contributed by atoms with Crippen LogP contribution in [-0.4, -0.2) is 19.0 Å². The molecule has 0 fully saturated rings. The highest BCUT2D eigenvalue weighted by atomic mass is 32.1. The molecule has 0 aromatic heterocycles. The maximum absolute atomic E-state index is 5.40.